The molecule has 0 saturated heterocycles. The number of nitrogens with zero attached hydrogens (tertiary/aromatic N) is 1. The van der Waals surface area contributed by atoms with E-state index in [0.29, 0.717) is 0 Å². The summed E-state index contributed by atoms with van der Waals surface area (Å²) in [5, 5.41) is 8.04. The number of hydrogen-bond donors (Lipinski definition) is 1. The number of hydrogen-bond acceptors (Lipinski definition) is 1. The summed E-state index contributed by atoms with van der Waals surface area (Å²) in [5.41, 5.74) is 4.39. The minimum absolute atomic E-state index is 1.17. The molecular weight excluding hydrogens is 268 g/mol. The van der Waals surface area contributed by atoms with Crippen LogP contribution in [-0.2, 0) is 19.3 Å². The van der Waals surface area contributed by atoms with Gasteiger partial charge in [0.1, 0.15) is 0 Å². The van der Waals surface area contributed by atoms with E-state index >= 15 is 0 Å². The Bertz CT molecular complexity index is 338. The molecule has 0 bridgehead atoms. The molecule has 0 aliphatic carbocycles. The van der Waals surface area contributed by atoms with Crippen molar-refractivity contribution in [1.82, 2.24) is 10.2 Å². The van der Waals surface area contributed by atoms with Crippen molar-refractivity contribution in [3.63, 3.8) is 0 Å². The van der Waals surface area contributed by atoms with Crippen LogP contribution in [0.15, 0.2) is 0 Å². The quantitative estimate of drug-likeness (QED) is 0.396. The van der Waals surface area contributed by atoms with Gasteiger partial charge in [-0.05, 0) is 44.1 Å². The zero-order chi connectivity index (χ0) is 16.0. The maximum Gasteiger partial charge on any atom is 0.0656 e. The van der Waals surface area contributed by atoms with Gasteiger partial charge in [-0.3, -0.25) is 5.10 Å². The molecule has 0 aromatic carbocycles. The van der Waals surface area contributed by atoms with Gasteiger partial charge in [-0.1, -0.05) is 72.1 Å². The van der Waals surface area contributed by atoms with Gasteiger partial charge >= 0.3 is 0 Å². The summed E-state index contributed by atoms with van der Waals surface area (Å²) in [6.07, 6.45) is 18.2. The summed E-state index contributed by atoms with van der Waals surface area (Å²) in [6, 6.07) is 0. The maximum atomic E-state index is 4.67. The second-order valence-corrected chi connectivity index (χ2v) is 6.71. The predicted molar refractivity (Wildman–Crippen MR) is 97.5 cm³/mol. The Kier molecular flexibility index (Phi) is 11.1. The van der Waals surface area contributed by atoms with E-state index in [1.165, 1.54) is 101 Å². The van der Waals surface area contributed by atoms with Gasteiger partial charge in [0.15, 0.2) is 0 Å². The lowest BCUT2D eigenvalue weighted by atomic mass is 9.98. The molecule has 0 atom stereocenters. The summed E-state index contributed by atoms with van der Waals surface area (Å²) in [7, 11) is 0. The van der Waals surface area contributed by atoms with Gasteiger partial charge in [0.05, 0.1) is 5.69 Å². The van der Waals surface area contributed by atoms with E-state index in [2.05, 4.69) is 31.0 Å². The number of H-pyrrole nitrogens is 1. The minimum atomic E-state index is 1.17. The molecule has 1 aromatic heterocycles. The fourth-order valence-corrected chi connectivity index (χ4v) is 3.15. The number of nitrogens with one attached hydrogen (secondary N) is 1. The number of aromatic nitrogens is 2. The largest absolute Gasteiger partial charge is 0.282 e. The maximum absolute atomic E-state index is 4.67. The van der Waals surface area contributed by atoms with Crippen molar-refractivity contribution in [2.24, 2.45) is 0 Å². The molecule has 1 aromatic rings. The molecule has 2 nitrogen and oxygen atoms in total. The fraction of sp³-hybridized carbons (Fsp3) is 0.850. The second kappa shape index (κ2) is 12.7. The lowest BCUT2D eigenvalue weighted by Gasteiger charge is -2.06. The molecule has 1 rings (SSSR count). The van der Waals surface area contributed by atoms with E-state index in [4.69, 9.17) is 0 Å². The van der Waals surface area contributed by atoms with Gasteiger partial charge in [0.25, 0.3) is 0 Å². The van der Waals surface area contributed by atoms with Gasteiger partial charge in [-0.15, -0.1) is 0 Å². The van der Waals surface area contributed by atoms with Crippen molar-refractivity contribution in [1.29, 1.82) is 0 Å². The number of aromatic amines is 1. The van der Waals surface area contributed by atoms with Crippen LogP contribution >= 0.6 is 0 Å². The monoisotopic (exact) mass is 306 g/mol. The molecule has 0 unspecified atom stereocenters. The van der Waals surface area contributed by atoms with E-state index in [9.17, 15) is 0 Å². The lowest BCUT2D eigenvalue weighted by Crippen LogP contribution is -1.97. The molecule has 0 aliphatic heterocycles. The fourth-order valence-electron chi connectivity index (χ4n) is 3.15. The Morgan fingerprint density at radius 3 is 1.82 bits per heavy atom. The van der Waals surface area contributed by atoms with Crippen molar-refractivity contribution in [2.75, 3.05) is 0 Å². The van der Waals surface area contributed by atoms with Crippen LogP contribution in [0.4, 0.5) is 0 Å². The highest BCUT2D eigenvalue weighted by Crippen LogP contribution is 2.20. The van der Waals surface area contributed by atoms with Crippen molar-refractivity contribution >= 4 is 0 Å². The summed E-state index contributed by atoms with van der Waals surface area (Å²) < 4.78 is 0. The molecule has 2 heteroatoms. The number of aryl methyl sites for hydroxylation is 2. The molecule has 1 N–H and O–H groups in total. The molecule has 0 spiro atoms. The molecular formula is C20H38N2. The first kappa shape index (κ1) is 19.3. The van der Waals surface area contributed by atoms with E-state index in [0.717, 1.165) is 0 Å². The average molecular weight is 307 g/mol. The van der Waals surface area contributed by atoms with Crippen LogP contribution in [0.25, 0.3) is 0 Å². The van der Waals surface area contributed by atoms with Gasteiger partial charge in [-0.2, -0.15) is 5.10 Å². The minimum Gasteiger partial charge on any atom is -0.282 e. The van der Waals surface area contributed by atoms with Crippen LogP contribution in [0.3, 0.4) is 0 Å². The first-order valence-corrected chi connectivity index (χ1v) is 9.88. The summed E-state index contributed by atoms with van der Waals surface area (Å²) in [4.78, 5) is 0. The smallest absolute Gasteiger partial charge is 0.0656 e. The van der Waals surface area contributed by atoms with Crippen molar-refractivity contribution in [3.8, 4) is 0 Å². The van der Waals surface area contributed by atoms with E-state index in [1.807, 2.05) is 0 Å². The van der Waals surface area contributed by atoms with Crippen LogP contribution in [0.2, 0.25) is 0 Å². The molecule has 0 aliphatic rings. The Labute approximate surface area is 138 Å². The Morgan fingerprint density at radius 2 is 1.18 bits per heavy atom. The standard InChI is InChI=1S/C20H38N2/c1-4-7-10-13-16-19-18(15-12-9-6-3)20(22-21-19)17-14-11-8-5-2/h4-17H2,1-3H3,(H,21,22). The summed E-state index contributed by atoms with van der Waals surface area (Å²) in [6.45, 7) is 6.84. The van der Waals surface area contributed by atoms with Crippen molar-refractivity contribution in [2.45, 2.75) is 111 Å². The van der Waals surface area contributed by atoms with Crippen LogP contribution in [-0.4, -0.2) is 10.2 Å². The Balaban J connectivity index is 2.54. The Hall–Kier alpha value is -0.790. The highest BCUT2D eigenvalue weighted by molar-refractivity contribution is 5.26. The van der Waals surface area contributed by atoms with Crippen molar-refractivity contribution in [3.05, 3.63) is 17.0 Å². The van der Waals surface area contributed by atoms with Gasteiger partial charge in [0.2, 0.25) is 0 Å². The first-order chi connectivity index (χ1) is 10.8. The lowest BCUT2D eigenvalue weighted by molar-refractivity contribution is 0.649. The summed E-state index contributed by atoms with van der Waals surface area (Å²) >= 11 is 0. The highest BCUT2D eigenvalue weighted by atomic mass is 15.1. The third kappa shape index (κ3) is 7.47. The molecule has 22 heavy (non-hydrogen) atoms. The second-order valence-electron chi connectivity index (χ2n) is 6.71. The number of unbranched alkanes of at least 4 members (excludes halogenated alkanes) is 8. The predicted octanol–water partition coefficient (Wildman–Crippen LogP) is 6.39. The SMILES string of the molecule is CCCCCCc1n[nH]c(CCCCCC)c1CCCCC. The van der Waals surface area contributed by atoms with Crippen molar-refractivity contribution < 1.29 is 0 Å². The van der Waals surface area contributed by atoms with Crippen LogP contribution in [0.5, 0.6) is 0 Å². The first-order valence-electron chi connectivity index (χ1n) is 9.88. The van der Waals surface area contributed by atoms with Gasteiger partial charge < -0.3 is 0 Å². The summed E-state index contributed by atoms with van der Waals surface area (Å²) in [5.74, 6) is 0. The highest BCUT2D eigenvalue weighted by Gasteiger charge is 2.12. The van der Waals surface area contributed by atoms with Gasteiger partial charge in [-0.25, -0.2) is 0 Å². The van der Waals surface area contributed by atoms with E-state index in [1.54, 1.807) is 5.56 Å². The third-order valence-electron chi connectivity index (χ3n) is 4.62. The number of rotatable bonds is 14. The Morgan fingerprint density at radius 1 is 0.636 bits per heavy atom. The van der Waals surface area contributed by atoms with Crippen LogP contribution < -0.4 is 0 Å². The average Bonchev–Trinajstić information content (AvgIpc) is 2.91. The molecule has 1 heterocycles. The molecule has 0 amide bonds. The molecule has 0 saturated carbocycles. The molecule has 0 fully saturated rings. The molecule has 0 radical (unpaired) electrons. The third-order valence-corrected chi connectivity index (χ3v) is 4.62. The normalized spacial score (nSPS) is 11.2. The van der Waals surface area contributed by atoms with E-state index < -0.39 is 0 Å². The van der Waals surface area contributed by atoms with Gasteiger partial charge in [0, 0.05) is 5.69 Å². The topological polar surface area (TPSA) is 28.7 Å². The molecule has 128 valence electrons. The van der Waals surface area contributed by atoms with Crippen LogP contribution in [0.1, 0.15) is 108 Å². The zero-order valence-electron chi connectivity index (χ0n) is 15.3. The van der Waals surface area contributed by atoms with E-state index in [-0.39, 0.29) is 0 Å². The van der Waals surface area contributed by atoms with Crippen LogP contribution in [0, 0.1) is 0 Å². The zero-order valence-corrected chi connectivity index (χ0v) is 15.3.